The first kappa shape index (κ1) is 17.7. The summed E-state index contributed by atoms with van der Waals surface area (Å²) in [7, 11) is 2.30. The van der Waals surface area contributed by atoms with Crippen LogP contribution in [0.2, 0.25) is 5.02 Å². The second-order valence-electron chi connectivity index (χ2n) is 8.17. The minimum atomic E-state index is -0.186. The molecule has 3 nitrogen and oxygen atoms in total. The zero-order chi connectivity index (χ0) is 17.4. The van der Waals surface area contributed by atoms with E-state index < -0.39 is 0 Å². The fraction of sp³-hybridized carbons (Fsp3) is 0.700. The van der Waals surface area contributed by atoms with E-state index in [1.807, 2.05) is 6.07 Å². The van der Waals surface area contributed by atoms with Gasteiger partial charge in [0.25, 0.3) is 0 Å². The highest BCUT2D eigenvalue weighted by Gasteiger charge is 2.39. The van der Waals surface area contributed by atoms with Crippen LogP contribution in [0.1, 0.15) is 44.1 Å². The zero-order valence-electron chi connectivity index (χ0n) is 15.1. The zero-order valence-corrected chi connectivity index (χ0v) is 15.8. The molecule has 4 rings (SSSR count). The molecule has 5 heteroatoms. The number of likely N-dealkylation sites (tertiary alicyclic amines) is 1. The normalized spacial score (nSPS) is 31.6. The van der Waals surface area contributed by atoms with Crippen molar-refractivity contribution in [1.82, 2.24) is 15.1 Å². The molecule has 3 fully saturated rings. The Bertz CT molecular complexity index is 589. The molecule has 1 aromatic carbocycles. The fourth-order valence-electron chi connectivity index (χ4n) is 5.03. The van der Waals surface area contributed by atoms with Crippen LogP contribution in [0.15, 0.2) is 18.2 Å². The lowest BCUT2D eigenvalue weighted by Gasteiger charge is -2.40. The standard InChI is InChI=1S/C20H29ClFN3/c1-24-18-4-5-19(24)12-17(11-18)23-16-6-8-25(9-7-16)13-14-2-3-15(21)10-20(14)22/h2-3,10,16-19,23H,4-9,11-13H2,1H3. The first-order chi connectivity index (χ1) is 12.1. The van der Waals surface area contributed by atoms with Gasteiger partial charge in [-0.1, -0.05) is 17.7 Å². The van der Waals surface area contributed by atoms with E-state index in [1.165, 1.54) is 31.7 Å². The minimum absolute atomic E-state index is 0.186. The topological polar surface area (TPSA) is 18.5 Å². The van der Waals surface area contributed by atoms with Crippen molar-refractivity contribution in [2.45, 2.75) is 69.2 Å². The number of halogens is 2. The van der Waals surface area contributed by atoms with E-state index in [-0.39, 0.29) is 5.82 Å². The first-order valence-electron chi connectivity index (χ1n) is 9.73. The molecule has 2 unspecified atom stereocenters. The highest BCUT2D eigenvalue weighted by atomic mass is 35.5. The van der Waals surface area contributed by atoms with Crippen molar-refractivity contribution in [3.63, 3.8) is 0 Å². The molecule has 0 saturated carbocycles. The highest BCUT2D eigenvalue weighted by molar-refractivity contribution is 6.30. The van der Waals surface area contributed by atoms with Gasteiger partial charge in [0, 0.05) is 41.3 Å². The van der Waals surface area contributed by atoms with Gasteiger partial charge in [0.1, 0.15) is 5.82 Å². The van der Waals surface area contributed by atoms with Crippen molar-refractivity contribution >= 4 is 11.6 Å². The number of fused-ring (bicyclic) bond motifs is 2. The van der Waals surface area contributed by atoms with E-state index >= 15 is 0 Å². The van der Waals surface area contributed by atoms with Gasteiger partial charge in [0.15, 0.2) is 0 Å². The van der Waals surface area contributed by atoms with Crippen LogP contribution in [-0.4, -0.2) is 54.1 Å². The smallest absolute Gasteiger partial charge is 0.129 e. The number of nitrogens with one attached hydrogen (secondary N) is 1. The summed E-state index contributed by atoms with van der Waals surface area (Å²) in [4.78, 5) is 4.96. The van der Waals surface area contributed by atoms with Gasteiger partial charge in [0.05, 0.1) is 0 Å². The number of hydrogen-bond donors (Lipinski definition) is 1. The Kier molecular flexibility index (Phi) is 5.33. The molecule has 0 aliphatic carbocycles. The van der Waals surface area contributed by atoms with Gasteiger partial charge in [-0.3, -0.25) is 4.90 Å². The maximum atomic E-state index is 14.0. The number of hydrogen-bond acceptors (Lipinski definition) is 3. The van der Waals surface area contributed by atoms with Gasteiger partial charge in [-0.25, -0.2) is 4.39 Å². The lowest BCUT2D eigenvalue weighted by atomic mass is 9.95. The van der Waals surface area contributed by atoms with Crippen LogP contribution in [0.5, 0.6) is 0 Å². The summed E-state index contributed by atoms with van der Waals surface area (Å²) in [5.74, 6) is -0.186. The van der Waals surface area contributed by atoms with Crippen molar-refractivity contribution in [3.8, 4) is 0 Å². The Morgan fingerprint density at radius 1 is 1.08 bits per heavy atom. The molecule has 2 atom stereocenters. The Morgan fingerprint density at radius 2 is 1.76 bits per heavy atom. The molecule has 138 valence electrons. The lowest BCUT2D eigenvalue weighted by Crippen LogP contribution is -2.52. The van der Waals surface area contributed by atoms with Gasteiger partial charge < -0.3 is 10.2 Å². The lowest BCUT2D eigenvalue weighted by molar-refractivity contribution is 0.126. The average molecular weight is 366 g/mol. The van der Waals surface area contributed by atoms with Crippen LogP contribution in [0.4, 0.5) is 4.39 Å². The largest absolute Gasteiger partial charge is 0.311 e. The molecule has 3 heterocycles. The molecule has 25 heavy (non-hydrogen) atoms. The van der Waals surface area contributed by atoms with E-state index in [4.69, 9.17) is 11.6 Å². The van der Waals surface area contributed by atoms with Gasteiger partial charge >= 0.3 is 0 Å². The molecule has 2 bridgehead atoms. The number of rotatable bonds is 4. The predicted octanol–water partition coefficient (Wildman–Crippen LogP) is 3.66. The molecule has 3 saturated heterocycles. The molecule has 0 radical (unpaired) electrons. The van der Waals surface area contributed by atoms with Crippen molar-refractivity contribution in [1.29, 1.82) is 0 Å². The predicted molar refractivity (Wildman–Crippen MR) is 100 cm³/mol. The van der Waals surface area contributed by atoms with Gasteiger partial charge in [-0.2, -0.15) is 0 Å². The molecule has 0 amide bonds. The van der Waals surface area contributed by atoms with Gasteiger partial charge in [-0.15, -0.1) is 0 Å². The van der Waals surface area contributed by atoms with E-state index in [0.29, 0.717) is 23.7 Å². The van der Waals surface area contributed by atoms with Crippen LogP contribution in [-0.2, 0) is 6.54 Å². The summed E-state index contributed by atoms with van der Waals surface area (Å²) in [6.45, 7) is 2.77. The summed E-state index contributed by atoms with van der Waals surface area (Å²) >= 11 is 5.84. The van der Waals surface area contributed by atoms with Crippen molar-refractivity contribution in [3.05, 3.63) is 34.6 Å². The SMILES string of the molecule is CN1C2CCC1CC(NC1CCN(Cc3ccc(Cl)cc3F)CC1)C2. The van der Waals surface area contributed by atoms with Gasteiger partial charge in [0.2, 0.25) is 0 Å². The summed E-state index contributed by atoms with van der Waals surface area (Å²) in [6.07, 6.45) is 7.70. The second kappa shape index (κ2) is 7.51. The summed E-state index contributed by atoms with van der Waals surface area (Å²) in [6, 6.07) is 7.92. The number of nitrogens with zero attached hydrogens (tertiary/aromatic N) is 2. The minimum Gasteiger partial charge on any atom is -0.311 e. The quantitative estimate of drug-likeness (QED) is 0.878. The van der Waals surface area contributed by atoms with E-state index in [2.05, 4.69) is 22.2 Å². The molecule has 0 aromatic heterocycles. The van der Waals surface area contributed by atoms with Crippen molar-refractivity contribution < 1.29 is 4.39 Å². The second-order valence-corrected chi connectivity index (χ2v) is 8.61. The molecular weight excluding hydrogens is 337 g/mol. The number of benzene rings is 1. The Labute approximate surface area is 155 Å². The molecule has 3 aliphatic heterocycles. The van der Waals surface area contributed by atoms with E-state index in [9.17, 15) is 4.39 Å². The Balaban J connectivity index is 1.25. The van der Waals surface area contributed by atoms with Crippen LogP contribution in [0, 0.1) is 5.82 Å². The maximum Gasteiger partial charge on any atom is 0.129 e. The molecule has 1 N–H and O–H groups in total. The summed E-state index contributed by atoms with van der Waals surface area (Å²) < 4.78 is 14.0. The first-order valence-corrected chi connectivity index (χ1v) is 10.1. The Morgan fingerprint density at radius 3 is 2.40 bits per heavy atom. The van der Waals surface area contributed by atoms with Crippen LogP contribution < -0.4 is 5.32 Å². The maximum absolute atomic E-state index is 14.0. The summed E-state index contributed by atoms with van der Waals surface area (Å²) in [5.41, 5.74) is 0.753. The van der Waals surface area contributed by atoms with Crippen molar-refractivity contribution in [2.75, 3.05) is 20.1 Å². The van der Waals surface area contributed by atoms with Crippen LogP contribution in [0.25, 0.3) is 0 Å². The average Bonchev–Trinajstić information content (AvgIpc) is 2.81. The Hall–Kier alpha value is -0.680. The summed E-state index contributed by atoms with van der Waals surface area (Å²) in [5, 5.41) is 4.41. The molecular formula is C20H29ClFN3. The third-order valence-electron chi connectivity index (χ3n) is 6.57. The number of piperidine rings is 2. The van der Waals surface area contributed by atoms with Crippen LogP contribution in [0.3, 0.4) is 0 Å². The van der Waals surface area contributed by atoms with Crippen LogP contribution >= 0.6 is 11.6 Å². The molecule has 3 aliphatic rings. The fourth-order valence-corrected chi connectivity index (χ4v) is 5.19. The highest BCUT2D eigenvalue weighted by Crippen LogP contribution is 2.34. The van der Waals surface area contributed by atoms with E-state index in [1.54, 1.807) is 6.07 Å². The third kappa shape index (κ3) is 4.02. The van der Waals surface area contributed by atoms with E-state index in [0.717, 1.165) is 43.6 Å². The molecule has 1 aromatic rings. The third-order valence-corrected chi connectivity index (χ3v) is 6.80. The van der Waals surface area contributed by atoms with Crippen molar-refractivity contribution in [2.24, 2.45) is 0 Å². The monoisotopic (exact) mass is 365 g/mol. The molecule has 0 spiro atoms. The van der Waals surface area contributed by atoms with Gasteiger partial charge in [-0.05, 0) is 70.8 Å².